The Hall–Kier alpha value is -1.98. The number of carbonyl (C=O) groups excluding carboxylic acids is 2. The Balaban J connectivity index is 2.31. The summed E-state index contributed by atoms with van der Waals surface area (Å²) in [4.78, 5) is 27.3. The smallest absolute Gasteiger partial charge is 0.355 e. The molecule has 122 valence electrons. The van der Waals surface area contributed by atoms with E-state index in [1.165, 1.54) is 0 Å². The summed E-state index contributed by atoms with van der Waals surface area (Å²) in [6.07, 6.45) is 0. The van der Waals surface area contributed by atoms with Gasteiger partial charge in [-0.15, -0.1) is 0 Å². The number of aryl methyl sites for hydroxylation is 1. The molecule has 0 unspecified atom stereocenters. The molecule has 0 spiro atoms. The van der Waals surface area contributed by atoms with Crippen molar-refractivity contribution < 1.29 is 14.3 Å². The van der Waals surface area contributed by atoms with Crippen molar-refractivity contribution in [2.24, 2.45) is 0 Å². The molecule has 0 saturated carbocycles. The maximum atomic E-state index is 12.5. The van der Waals surface area contributed by atoms with Gasteiger partial charge in [-0.05, 0) is 44.5 Å². The van der Waals surface area contributed by atoms with Gasteiger partial charge in [0.25, 0.3) is 5.91 Å². The molecule has 0 atom stereocenters. The zero-order valence-corrected chi connectivity index (χ0v) is 14.4. The van der Waals surface area contributed by atoms with E-state index in [-0.39, 0.29) is 18.2 Å². The number of benzene rings is 1. The van der Waals surface area contributed by atoms with Crippen LogP contribution in [0.2, 0.25) is 10.0 Å². The maximum absolute atomic E-state index is 12.5. The van der Waals surface area contributed by atoms with E-state index in [4.69, 9.17) is 27.9 Å². The lowest BCUT2D eigenvalue weighted by Gasteiger charge is -2.08. The molecule has 2 rings (SSSR count). The fourth-order valence-electron chi connectivity index (χ4n) is 2.27. The van der Waals surface area contributed by atoms with Gasteiger partial charge in [0.2, 0.25) is 0 Å². The molecule has 23 heavy (non-hydrogen) atoms. The maximum Gasteiger partial charge on any atom is 0.355 e. The molecule has 1 aromatic heterocycles. The summed E-state index contributed by atoms with van der Waals surface area (Å²) in [6, 6.07) is 4.79. The summed E-state index contributed by atoms with van der Waals surface area (Å²) in [5.41, 5.74) is 2.21. The molecule has 0 aliphatic rings. The van der Waals surface area contributed by atoms with Crippen LogP contribution in [0.5, 0.6) is 0 Å². The average Bonchev–Trinajstić information content (AvgIpc) is 2.77. The van der Waals surface area contributed by atoms with Crippen LogP contribution in [-0.4, -0.2) is 23.5 Å². The highest BCUT2D eigenvalue weighted by Gasteiger charge is 2.23. The van der Waals surface area contributed by atoms with Gasteiger partial charge in [-0.3, -0.25) is 4.79 Å². The first-order chi connectivity index (χ1) is 10.8. The summed E-state index contributed by atoms with van der Waals surface area (Å²) < 4.78 is 4.97. The van der Waals surface area contributed by atoms with Crippen LogP contribution in [-0.2, 0) is 4.74 Å². The first kappa shape index (κ1) is 17.4. The van der Waals surface area contributed by atoms with Gasteiger partial charge in [-0.1, -0.05) is 23.2 Å². The van der Waals surface area contributed by atoms with Crippen molar-refractivity contribution in [2.45, 2.75) is 20.8 Å². The third-order valence-corrected chi connectivity index (χ3v) is 3.87. The molecule has 0 saturated heterocycles. The largest absolute Gasteiger partial charge is 0.461 e. The summed E-state index contributed by atoms with van der Waals surface area (Å²) in [7, 11) is 0. The van der Waals surface area contributed by atoms with Crippen LogP contribution in [0.3, 0.4) is 0 Å². The molecule has 0 radical (unpaired) electrons. The zero-order valence-electron chi connectivity index (χ0n) is 12.9. The van der Waals surface area contributed by atoms with Crippen LogP contribution in [0.25, 0.3) is 0 Å². The monoisotopic (exact) mass is 354 g/mol. The first-order valence-corrected chi connectivity index (χ1v) is 7.73. The van der Waals surface area contributed by atoms with Crippen LogP contribution in [0.1, 0.15) is 39.0 Å². The SMILES string of the molecule is CCOC(=O)c1[nH]c(C)c(C(=O)Nc2ccc(Cl)cc2Cl)c1C. The summed E-state index contributed by atoms with van der Waals surface area (Å²) in [5, 5.41) is 3.53. The minimum absolute atomic E-state index is 0.262. The summed E-state index contributed by atoms with van der Waals surface area (Å²) >= 11 is 11.9. The Morgan fingerprint density at radius 2 is 1.96 bits per heavy atom. The molecule has 0 aliphatic carbocycles. The van der Waals surface area contributed by atoms with E-state index in [0.717, 1.165) is 0 Å². The Labute approximate surface area is 143 Å². The lowest BCUT2D eigenvalue weighted by Crippen LogP contribution is -2.14. The molecule has 2 N–H and O–H groups in total. The molecular formula is C16H16Cl2N2O3. The molecule has 0 bridgehead atoms. The van der Waals surface area contributed by atoms with Gasteiger partial charge >= 0.3 is 5.97 Å². The van der Waals surface area contributed by atoms with Gasteiger partial charge in [-0.25, -0.2) is 4.79 Å². The number of nitrogens with one attached hydrogen (secondary N) is 2. The number of esters is 1. The normalized spacial score (nSPS) is 10.5. The van der Waals surface area contributed by atoms with Crippen LogP contribution >= 0.6 is 23.2 Å². The van der Waals surface area contributed by atoms with Gasteiger partial charge in [0, 0.05) is 10.7 Å². The number of ether oxygens (including phenoxy) is 1. The predicted octanol–water partition coefficient (Wildman–Crippen LogP) is 4.37. The fraction of sp³-hybridized carbons (Fsp3) is 0.250. The first-order valence-electron chi connectivity index (χ1n) is 6.97. The lowest BCUT2D eigenvalue weighted by molar-refractivity contribution is 0.0519. The van der Waals surface area contributed by atoms with E-state index in [1.54, 1.807) is 39.0 Å². The number of H-pyrrole nitrogens is 1. The van der Waals surface area contributed by atoms with Crippen LogP contribution in [0.4, 0.5) is 5.69 Å². The number of hydrogen-bond acceptors (Lipinski definition) is 3. The second kappa shape index (κ2) is 7.06. The second-order valence-electron chi connectivity index (χ2n) is 4.92. The van der Waals surface area contributed by atoms with Gasteiger partial charge < -0.3 is 15.0 Å². The highest BCUT2D eigenvalue weighted by Crippen LogP contribution is 2.27. The standard InChI is InChI=1S/C16H16Cl2N2O3/c1-4-23-16(22)14-8(2)13(9(3)19-14)15(21)20-12-6-5-10(17)7-11(12)18/h5-7,19H,4H2,1-3H3,(H,20,21). The Morgan fingerprint density at radius 3 is 2.57 bits per heavy atom. The number of aromatic nitrogens is 1. The van der Waals surface area contributed by atoms with Crippen LogP contribution in [0, 0.1) is 13.8 Å². The zero-order chi connectivity index (χ0) is 17.1. The van der Waals surface area contributed by atoms with Crippen molar-refractivity contribution in [3.8, 4) is 0 Å². The summed E-state index contributed by atoms with van der Waals surface area (Å²) in [5.74, 6) is -0.854. The van der Waals surface area contributed by atoms with E-state index >= 15 is 0 Å². The Morgan fingerprint density at radius 1 is 1.26 bits per heavy atom. The van der Waals surface area contributed by atoms with Gasteiger partial charge in [-0.2, -0.15) is 0 Å². The molecule has 5 nitrogen and oxygen atoms in total. The van der Waals surface area contributed by atoms with Crippen molar-refractivity contribution in [3.63, 3.8) is 0 Å². The minimum Gasteiger partial charge on any atom is -0.461 e. The van der Waals surface area contributed by atoms with Gasteiger partial charge in [0.15, 0.2) is 0 Å². The average molecular weight is 355 g/mol. The van der Waals surface area contributed by atoms with E-state index < -0.39 is 5.97 Å². The number of anilines is 1. The molecule has 2 aromatic rings. The molecule has 1 aromatic carbocycles. The lowest BCUT2D eigenvalue weighted by atomic mass is 10.1. The highest BCUT2D eigenvalue weighted by molar-refractivity contribution is 6.36. The van der Waals surface area contributed by atoms with Gasteiger partial charge in [0.1, 0.15) is 5.69 Å². The van der Waals surface area contributed by atoms with E-state index in [2.05, 4.69) is 10.3 Å². The second-order valence-corrected chi connectivity index (χ2v) is 5.77. The number of amides is 1. The number of halogens is 2. The fourth-order valence-corrected chi connectivity index (χ4v) is 2.73. The van der Waals surface area contributed by atoms with Crippen molar-refractivity contribution in [1.82, 2.24) is 4.98 Å². The van der Waals surface area contributed by atoms with E-state index in [1.807, 2.05) is 0 Å². The topological polar surface area (TPSA) is 71.2 Å². The number of aromatic amines is 1. The molecule has 0 aliphatic heterocycles. The van der Waals surface area contributed by atoms with Crippen molar-refractivity contribution in [3.05, 3.63) is 50.8 Å². The van der Waals surface area contributed by atoms with Crippen molar-refractivity contribution >= 4 is 40.8 Å². The van der Waals surface area contributed by atoms with Crippen molar-refractivity contribution in [2.75, 3.05) is 11.9 Å². The van der Waals surface area contributed by atoms with Crippen LogP contribution < -0.4 is 5.32 Å². The van der Waals surface area contributed by atoms with Crippen LogP contribution in [0.15, 0.2) is 18.2 Å². The third-order valence-electron chi connectivity index (χ3n) is 3.32. The van der Waals surface area contributed by atoms with E-state index in [9.17, 15) is 9.59 Å². The molecule has 1 amide bonds. The Bertz CT molecular complexity index is 769. The van der Waals surface area contributed by atoms with Crippen molar-refractivity contribution in [1.29, 1.82) is 0 Å². The summed E-state index contributed by atoms with van der Waals surface area (Å²) in [6.45, 7) is 5.39. The molecular weight excluding hydrogens is 339 g/mol. The number of carbonyl (C=O) groups is 2. The Kier molecular flexibility index (Phi) is 5.34. The van der Waals surface area contributed by atoms with Gasteiger partial charge in [0.05, 0.1) is 22.9 Å². The number of hydrogen-bond donors (Lipinski definition) is 2. The predicted molar refractivity (Wildman–Crippen MR) is 90.6 cm³/mol. The minimum atomic E-state index is -0.489. The molecule has 1 heterocycles. The number of rotatable bonds is 4. The molecule has 0 fully saturated rings. The highest BCUT2D eigenvalue weighted by atomic mass is 35.5. The van der Waals surface area contributed by atoms with E-state index in [0.29, 0.717) is 32.6 Å². The molecule has 7 heteroatoms. The quantitative estimate of drug-likeness (QED) is 0.800. The third kappa shape index (κ3) is 3.68.